The normalized spacial score (nSPS) is 25.3. The highest BCUT2D eigenvalue weighted by Gasteiger charge is 2.30. The van der Waals surface area contributed by atoms with Crippen LogP contribution in [0.5, 0.6) is 0 Å². The number of hydrogen-bond donors (Lipinski definition) is 1. The summed E-state index contributed by atoms with van der Waals surface area (Å²) in [5.41, 5.74) is 5.57. The lowest BCUT2D eigenvalue weighted by atomic mass is 9.90. The van der Waals surface area contributed by atoms with Crippen molar-refractivity contribution in [3.63, 3.8) is 0 Å². The molecule has 16 heavy (non-hydrogen) atoms. The maximum Gasteiger partial charge on any atom is 0.154 e. The minimum atomic E-state index is -0.613. The molecule has 1 aliphatic heterocycles. The molecule has 5 heteroatoms. The average Bonchev–Trinajstić information content (AvgIpc) is 2.15. The number of halogens is 2. The standard InChI is InChI=1S/C11H12F2N2S/c1-11(2-3-16-10(14)15-11)7-4-8(12)6-9(13)5-7/h4-6H,2-3H2,1H3,(H2,14,15). The Hall–Kier alpha value is -1.10. The minimum absolute atomic E-state index is 0.471. The molecule has 1 atom stereocenters. The molecule has 2 nitrogen and oxygen atoms in total. The zero-order valence-electron chi connectivity index (χ0n) is 8.84. The Morgan fingerprint density at radius 3 is 2.50 bits per heavy atom. The first kappa shape index (κ1) is 11.4. The molecule has 1 aromatic rings. The second-order valence-electron chi connectivity index (χ2n) is 3.98. The topological polar surface area (TPSA) is 38.4 Å². The first-order chi connectivity index (χ1) is 7.49. The van der Waals surface area contributed by atoms with Crippen molar-refractivity contribution in [1.82, 2.24) is 0 Å². The molecule has 0 fully saturated rings. The Morgan fingerprint density at radius 1 is 1.31 bits per heavy atom. The van der Waals surface area contributed by atoms with Crippen LogP contribution in [0.1, 0.15) is 18.9 Å². The first-order valence-corrected chi connectivity index (χ1v) is 5.93. The number of aliphatic imine (C=N–C) groups is 1. The van der Waals surface area contributed by atoms with Crippen LogP contribution in [-0.4, -0.2) is 10.9 Å². The lowest BCUT2D eigenvalue weighted by Crippen LogP contribution is -2.28. The molecule has 0 bridgehead atoms. The van der Waals surface area contributed by atoms with E-state index in [-0.39, 0.29) is 0 Å². The molecule has 0 amide bonds. The second-order valence-corrected chi connectivity index (χ2v) is 5.10. The van der Waals surface area contributed by atoms with Crippen molar-refractivity contribution < 1.29 is 8.78 Å². The van der Waals surface area contributed by atoms with Crippen molar-refractivity contribution in [3.05, 3.63) is 35.4 Å². The number of thioether (sulfide) groups is 1. The highest BCUT2D eigenvalue weighted by atomic mass is 32.2. The molecule has 2 N–H and O–H groups in total. The van der Waals surface area contributed by atoms with Gasteiger partial charge >= 0.3 is 0 Å². The van der Waals surface area contributed by atoms with Crippen LogP contribution in [0, 0.1) is 11.6 Å². The lowest BCUT2D eigenvalue weighted by molar-refractivity contribution is 0.470. The van der Waals surface area contributed by atoms with E-state index in [9.17, 15) is 8.78 Å². The Bertz CT molecular complexity index is 427. The van der Waals surface area contributed by atoms with E-state index in [4.69, 9.17) is 5.73 Å². The number of rotatable bonds is 1. The van der Waals surface area contributed by atoms with Crippen LogP contribution in [0.15, 0.2) is 23.2 Å². The second kappa shape index (κ2) is 4.05. The summed E-state index contributed by atoms with van der Waals surface area (Å²) in [4.78, 5) is 4.29. The summed E-state index contributed by atoms with van der Waals surface area (Å²) < 4.78 is 26.3. The van der Waals surface area contributed by atoms with Crippen molar-refractivity contribution in [2.24, 2.45) is 10.7 Å². The predicted octanol–water partition coefficient (Wildman–Crippen LogP) is 2.63. The number of nitrogens with two attached hydrogens (primary N) is 1. The fourth-order valence-electron chi connectivity index (χ4n) is 1.76. The molecule has 86 valence electrons. The van der Waals surface area contributed by atoms with Gasteiger partial charge < -0.3 is 5.73 Å². The van der Waals surface area contributed by atoms with Gasteiger partial charge in [0.05, 0.1) is 5.54 Å². The van der Waals surface area contributed by atoms with Gasteiger partial charge in [-0.2, -0.15) is 0 Å². The molecule has 0 aromatic heterocycles. The third-order valence-electron chi connectivity index (χ3n) is 2.68. The van der Waals surface area contributed by atoms with Crippen LogP contribution >= 0.6 is 11.8 Å². The van der Waals surface area contributed by atoms with E-state index in [1.54, 1.807) is 0 Å². The molecule has 1 aliphatic rings. The van der Waals surface area contributed by atoms with Crippen LogP contribution in [0.25, 0.3) is 0 Å². The molecular formula is C11H12F2N2S. The van der Waals surface area contributed by atoms with Gasteiger partial charge in [-0.1, -0.05) is 11.8 Å². The Labute approximate surface area is 96.9 Å². The SMILES string of the molecule is CC1(c2cc(F)cc(F)c2)CCSC(N)=N1. The number of nitrogens with zero attached hydrogens (tertiary/aromatic N) is 1. The van der Waals surface area contributed by atoms with Gasteiger partial charge in [-0.3, -0.25) is 4.99 Å². The third kappa shape index (κ3) is 2.19. The molecule has 0 saturated carbocycles. The highest BCUT2D eigenvalue weighted by molar-refractivity contribution is 8.13. The van der Waals surface area contributed by atoms with Gasteiger partial charge in [-0.05, 0) is 31.0 Å². The van der Waals surface area contributed by atoms with Gasteiger partial charge in [-0.25, -0.2) is 8.78 Å². The van der Waals surface area contributed by atoms with E-state index >= 15 is 0 Å². The molecule has 0 radical (unpaired) electrons. The molecular weight excluding hydrogens is 230 g/mol. The summed E-state index contributed by atoms with van der Waals surface area (Å²) in [6.07, 6.45) is 0.723. The van der Waals surface area contributed by atoms with Gasteiger partial charge in [0.15, 0.2) is 5.17 Å². The van der Waals surface area contributed by atoms with Gasteiger partial charge in [0.2, 0.25) is 0 Å². The van der Waals surface area contributed by atoms with E-state index in [1.165, 1.54) is 23.9 Å². The summed E-state index contributed by atoms with van der Waals surface area (Å²) >= 11 is 1.46. The van der Waals surface area contributed by atoms with Crippen LogP contribution < -0.4 is 5.73 Å². The van der Waals surface area contributed by atoms with Crippen LogP contribution in [-0.2, 0) is 5.54 Å². The Balaban J connectivity index is 2.46. The van der Waals surface area contributed by atoms with E-state index in [0.29, 0.717) is 10.7 Å². The maximum absolute atomic E-state index is 13.1. The number of benzene rings is 1. The van der Waals surface area contributed by atoms with E-state index in [1.807, 2.05) is 6.92 Å². The van der Waals surface area contributed by atoms with Gasteiger partial charge in [-0.15, -0.1) is 0 Å². The molecule has 0 saturated heterocycles. The fourth-order valence-corrected chi connectivity index (χ4v) is 2.73. The molecule has 1 aromatic carbocycles. The monoisotopic (exact) mass is 242 g/mol. The number of hydrogen-bond acceptors (Lipinski definition) is 3. The summed E-state index contributed by atoms with van der Waals surface area (Å²) in [6.45, 7) is 1.84. The van der Waals surface area contributed by atoms with Gasteiger partial charge in [0.1, 0.15) is 11.6 Å². The van der Waals surface area contributed by atoms with E-state index in [2.05, 4.69) is 4.99 Å². The Morgan fingerprint density at radius 2 is 1.94 bits per heavy atom. The summed E-state index contributed by atoms with van der Waals surface area (Å²) in [5, 5.41) is 0.471. The van der Waals surface area contributed by atoms with Crippen LogP contribution in [0.3, 0.4) is 0 Å². The summed E-state index contributed by atoms with van der Waals surface area (Å²) in [6, 6.07) is 3.49. The quantitative estimate of drug-likeness (QED) is 0.822. The largest absolute Gasteiger partial charge is 0.379 e. The lowest BCUT2D eigenvalue weighted by Gasteiger charge is -2.29. The smallest absolute Gasteiger partial charge is 0.154 e. The fraction of sp³-hybridized carbons (Fsp3) is 0.364. The van der Waals surface area contributed by atoms with Crippen LogP contribution in [0.4, 0.5) is 8.78 Å². The van der Waals surface area contributed by atoms with Crippen molar-refractivity contribution in [2.45, 2.75) is 18.9 Å². The van der Waals surface area contributed by atoms with Crippen molar-refractivity contribution >= 4 is 16.9 Å². The van der Waals surface area contributed by atoms with E-state index < -0.39 is 17.2 Å². The average molecular weight is 242 g/mol. The number of amidine groups is 1. The van der Waals surface area contributed by atoms with Crippen molar-refractivity contribution in [3.8, 4) is 0 Å². The Kier molecular flexibility index (Phi) is 2.88. The molecule has 0 spiro atoms. The summed E-state index contributed by atoms with van der Waals surface area (Å²) in [7, 11) is 0. The van der Waals surface area contributed by atoms with Crippen LogP contribution in [0.2, 0.25) is 0 Å². The minimum Gasteiger partial charge on any atom is -0.379 e. The summed E-state index contributed by atoms with van der Waals surface area (Å²) in [5.74, 6) is -0.351. The molecule has 2 rings (SSSR count). The zero-order valence-corrected chi connectivity index (χ0v) is 9.65. The molecule has 1 heterocycles. The first-order valence-electron chi connectivity index (χ1n) is 4.94. The maximum atomic E-state index is 13.1. The van der Waals surface area contributed by atoms with E-state index in [0.717, 1.165) is 18.2 Å². The highest BCUT2D eigenvalue weighted by Crippen LogP contribution is 2.35. The zero-order chi connectivity index (χ0) is 11.8. The predicted molar refractivity (Wildman–Crippen MR) is 62.4 cm³/mol. The van der Waals surface area contributed by atoms with Gasteiger partial charge in [0.25, 0.3) is 0 Å². The third-order valence-corrected chi connectivity index (χ3v) is 3.48. The molecule has 0 aliphatic carbocycles. The van der Waals surface area contributed by atoms with Crippen molar-refractivity contribution in [1.29, 1.82) is 0 Å². The van der Waals surface area contributed by atoms with Crippen molar-refractivity contribution in [2.75, 3.05) is 5.75 Å². The van der Waals surface area contributed by atoms with Gasteiger partial charge in [0, 0.05) is 11.8 Å². The molecule has 1 unspecified atom stereocenters.